The molecule has 3 unspecified atom stereocenters. The molecule has 1 amide bonds. The quantitative estimate of drug-likeness (QED) is 0.819. The summed E-state index contributed by atoms with van der Waals surface area (Å²) in [5.74, 6) is 0.328. The van der Waals surface area contributed by atoms with Crippen LogP contribution in [0.15, 0.2) is 0 Å². The van der Waals surface area contributed by atoms with Gasteiger partial charge >= 0.3 is 0 Å². The molecule has 0 radical (unpaired) electrons. The zero-order valence-corrected chi connectivity index (χ0v) is 11.1. The van der Waals surface area contributed by atoms with E-state index in [4.69, 9.17) is 0 Å². The summed E-state index contributed by atoms with van der Waals surface area (Å²) in [5.41, 5.74) is 0. The Morgan fingerprint density at radius 3 is 2.94 bits per heavy atom. The Labute approximate surface area is 102 Å². The highest BCUT2D eigenvalue weighted by atomic mass is 32.2. The molecule has 1 saturated heterocycles. The number of hydrogen-bond acceptors (Lipinski definition) is 3. The van der Waals surface area contributed by atoms with Crippen molar-refractivity contribution in [3.63, 3.8) is 0 Å². The molecule has 3 atom stereocenters. The van der Waals surface area contributed by atoms with E-state index in [0.29, 0.717) is 11.9 Å². The monoisotopic (exact) mass is 242 g/mol. The van der Waals surface area contributed by atoms with Gasteiger partial charge in [-0.05, 0) is 31.9 Å². The van der Waals surface area contributed by atoms with Gasteiger partial charge in [0.2, 0.25) is 5.91 Å². The molecule has 3 nitrogen and oxygen atoms in total. The van der Waals surface area contributed by atoms with Crippen molar-refractivity contribution < 1.29 is 4.79 Å². The maximum Gasteiger partial charge on any atom is 0.241 e. The van der Waals surface area contributed by atoms with Gasteiger partial charge in [-0.2, -0.15) is 11.8 Å². The Bertz CT molecular complexity index is 259. The average molecular weight is 242 g/mol. The molecule has 92 valence electrons. The van der Waals surface area contributed by atoms with Gasteiger partial charge < -0.3 is 4.90 Å². The van der Waals surface area contributed by atoms with E-state index in [1.165, 1.54) is 25.7 Å². The van der Waals surface area contributed by atoms with Gasteiger partial charge in [-0.3, -0.25) is 10.1 Å². The average Bonchev–Trinajstić information content (AvgIpc) is 2.70. The summed E-state index contributed by atoms with van der Waals surface area (Å²) in [6.07, 6.45) is 8.08. The number of amides is 1. The fraction of sp³-hybridized carbons (Fsp3) is 0.917. The minimum absolute atomic E-state index is 0.0784. The first-order valence-corrected chi connectivity index (χ1v) is 7.61. The van der Waals surface area contributed by atoms with Gasteiger partial charge in [0.05, 0.1) is 12.7 Å². The molecule has 1 N–H and O–H groups in total. The molecule has 2 rings (SSSR count). The van der Waals surface area contributed by atoms with E-state index >= 15 is 0 Å². The van der Waals surface area contributed by atoms with Crippen LogP contribution in [0.1, 0.15) is 39.0 Å². The van der Waals surface area contributed by atoms with Crippen LogP contribution in [0.4, 0.5) is 0 Å². The molecule has 0 aromatic heterocycles. The van der Waals surface area contributed by atoms with Crippen LogP contribution < -0.4 is 5.32 Å². The highest BCUT2D eigenvalue weighted by Gasteiger charge is 2.36. The van der Waals surface area contributed by atoms with Crippen molar-refractivity contribution in [3.05, 3.63) is 0 Å². The molecule has 2 aliphatic rings. The SMILES string of the molecule is CCC1NCN(C2CCCC(SC)C2)C1=O. The Morgan fingerprint density at radius 1 is 1.50 bits per heavy atom. The van der Waals surface area contributed by atoms with Crippen LogP contribution >= 0.6 is 11.8 Å². The predicted octanol–water partition coefficient (Wildman–Crippen LogP) is 1.83. The van der Waals surface area contributed by atoms with Gasteiger partial charge in [-0.1, -0.05) is 13.3 Å². The highest BCUT2D eigenvalue weighted by molar-refractivity contribution is 7.99. The summed E-state index contributed by atoms with van der Waals surface area (Å²) in [6.45, 7) is 2.84. The van der Waals surface area contributed by atoms with Crippen molar-refractivity contribution in [1.82, 2.24) is 10.2 Å². The molecule has 0 aromatic rings. The van der Waals surface area contributed by atoms with Crippen LogP contribution in [0.25, 0.3) is 0 Å². The molecule has 1 aliphatic heterocycles. The summed E-state index contributed by atoms with van der Waals surface area (Å²) in [6, 6.07) is 0.567. The van der Waals surface area contributed by atoms with E-state index in [1.54, 1.807) is 0 Å². The van der Waals surface area contributed by atoms with Crippen molar-refractivity contribution in [2.24, 2.45) is 0 Å². The molecule has 1 saturated carbocycles. The minimum atomic E-state index is 0.0784. The van der Waals surface area contributed by atoms with Crippen molar-refractivity contribution in [3.8, 4) is 0 Å². The van der Waals surface area contributed by atoms with E-state index in [2.05, 4.69) is 23.4 Å². The zero-order chi connectivity index (χ0) is 11.5. The van der Waals surface area contributed by atoms with E-state index in [0.717, 1.165) is 18.3 Å². The molecule has 2 fully saturated rings. The number of carbonyl (C=O) groups excluding carboxylic acids is 1. The Kier molecular flexibility index (Phi) is 4.14. The lowest BCUT2D eigenvalue weighted by atomic mass is 9.93. The van der Waals surface area contributed by atoms with Gasteiger partial charge in [0.25, 0.3) is 0 Å². The number of nitrogens with one attached hydrogen (secondary N) is 1. The fourth-order valence-electron chi connectivity index (χ4n) is 2.82. The number of thioether (sulfide) groups is 1. The second kappa shape index (κ2) is 5.41. The summed E-state index contributed by atoms with van der Waals surface area (Å²) in [4.78, 5) is 14.2. The molecule has 1 aliphatic carbocycles. The Morgan fingerprint density at radius 2 is 2.31 bits per heavy atom. The van der Waals surface area contributed by atoms with Gasteiger partial charge in [-0.15, -0.1) is 0 Å². The van der Waals surface area contributed by atoms with Crippen molar-refractivity contribution in [1.29, 1.82) is 0 Å². The summed E-state index contributed by atoms with van der Waals surface area (Å²) >= 11 is 1.96. The lowest BCUT2D eigenvalue weighted by molar-refractivity contribution is -0.131. The van der Waals surface area contributed by atoms with Crippen molar-refractivity contribution in [2.75, 3.05) is 12.9 Å². The second-order valence-corrected chi connectivity index (χ2v) is 5.95. The molecule has 0 aromatic carbocycles. The molecule has 0 spiro atoms. The van der Waals surface area contributed by atoms with E-state index in [1.807, 2.05) is 11.8 Å². The maximum atomic E-state index is 12.1. The molecule has 16 heavy (non-hydrogen) atoms. The molecule has 0 bridgehead atoms. The highest BCUT2D eigenvalue weighted by Crippen LogP contribution is 2.30. The maximum absolute atomic E-state index is 12.1. The van der Waals surface area contributed by atoms with Crippen LogP contribution in [0.3, 0.4) is 0 Å². The first kappa shape index (κ1) is 12.2. The van der Waals surface area contributed by atoms with Gasteiger partial charge in [0.1, 0.15) is 0 Å². The van der Waals surface area contributed by atoms with Gasteiger partial charge in [-0.25, -0.2) is 0 Å². The van der Waals surface area contributed by atoms with Crippen LogP contribution in [0.2, 0.25) is 0 Å². The normalized spacial score (nSPS) is 35.8. The number of hydrogen-bond donors (Lipinski definition) is 1. The third-order valence-electron chi connectivity index (χ3n) is 3.87. The summed E-state index contributed by atoms with van der Waals surface area (Å²) in [5, 5.41) is 4.06. The minimum Gasteiger partial charge on any atom is -0.326 e. The smallest absolute Gasteiger partial charge is 0.241 e. The largest absolute Gasteiger partial charge is 0.326 e. The van der Waals surface area contributed by atoms with Gasteiger partial charge in [0, 0.05) is 11.3 Å². The topological polar surface area (TPSA) is 32.3 Å². The number of nitrogens with zero attached hydrogens (tertiary/aromatic N) is 1. The molecular formula is C12H22N2OS. The first-order valence-electron chi connectivity index (χ1n) is 6.33. The Hall–Kier alpha value is -0.220. The van der Waals surface area contributed by atoms with Crippen molar-refractivity contribution >= 4 is 17.7 Å². The standard InChI is InChI=1S/C12H22N2OS/c1-3-11-12(15)14(8-13-11)9-5-4-6-10(7-9)16-2/h9-11,13H,3-8H2,1-2H3. The number of carbonyl (C=O) groups is 1. The zero-order valence-electron chi connectivity index (χ0n) is 10.2. The number of rotatable bonds is 3. The lowest BCUT2D eigenvalue weighted by Gasteiger charge is -2.34. The molecular weight excluding hydrogens is 220 g/mol. The predicted molar refractivity (Wildman–Crippen MR) is 68.5 cm³/mol. The molecule has 4 heteroatoms. The van der Waals surface area contributed by atoms with Crippen LogP contribution in [-0.2, 0) is 4.79 Å². The molecule has 1 heterocycles. The summed E-state index contributed by atoms with van der Waals surface area (Å²) < 4.78 is 0. The second-order valence-electron chi connectivity index (χ2n) is 4.81. The lowest BCUT2D eigenvalue weighted by Crippen LogP contribution is -2.42. The van der Waals surface area contributed by atoms with Crippen molar-refractivity contribution in [2.45, 2.75) is 56.4 Å². The van der Waals surface area contributed by atoms with Gasteiger partial charge in [0.15, 0.2) is 0 Å². The van der Waals surface area contributed by atoms with Crippen LogP contribution in [0.5, 0.6) is 0 Å². The van der Waals surface area contributed by atoms with E-state index < -0.39 is 0 Å². The third-order valence-corrected chi connectivity index (χ3v) is 4.96. The fourth-order valence-corrected chi connectivity index (χ4v) is 3.64. The van der Waals surface area contributed by atoms with E-state index in [-0.39, 0.29) is 6.04 Å². The van der Waals surface area contributed by atoms with Crippen LogP contribution in [-0.4, -0.2) is 41.1 Å². The van der Waals surface area contributed by atoms with Crippen LogP contribution in [0, 0.1) is 0 Å². The Balaban J connectivity index is 1.95. The third kappa shape index (κ3) is 2.38. The van der Waals surface area contributed by atoms with E-state index in [9.17, 15) is 4.79 Å². The summed E-state index contributed by atoms with van der Waals surface area (Å²) in [7, 11) is 0. The first-order chi connectivity index (χ1) is 7.76.